The minimum Gasteiger partial charge on any atom is -0.451 e. The van der Waals surface area contributed by atoms with Gasteiger partial charge in [-0.05, 0) is 61.9 Å². The Bertz CT molecular complexity index is 1240. The number of Topliss-reactive ketones (excluding diaryl/α,β-unsaturated/α-hetero) is 1. The Labute approximate surface area is 185 Å². The lowest BCUT2D eigenvalue weighted by Crippen LogP contribution is -2.38. The zero-order valence-electron chi connectivity index (χ0n) is 17.7. The van der Waals surface area contributed by atoms with Crippen LogP contribution < -0.4 is 0 Å². The fourth-order valence-corrected chi connectivity index (χ4v) is 4.46. The number of ketones is 1. The monoisotopic (exact) mass is 428 g/mol. The van der Waals surface area contributed by atoms with Crippen LogP contribution in [-0.4, -0.2) is 44.6 Å². The molecular weight excluding hydrogens is 404 g/mol. The van der Waals surface area contributed by atoms with Gasteiger partial charge in [0.05, 0.1) is 11.8 Å². The zero-order chi connectivity index (χ0) is 21.9. The minimum absolute atomic E-state index is 0.0342. The normalized spacial score (nSPS) is 14.8. The van der Waals surface area contributed by atoms with E-state index in [2.05, 4.69) is 15.0 Å². The van der Waals surface area contributed by atoms with Gasteiger partial charge in [-0.3, -0.25) is 14.6 Å². The van der Waals surface area contributed by atoms with Crippen LogP contribution in [0.1, 0.15) is 53.0 Å². The number of rotatable bonds is 6. The Hall–Kier alpha value is -3.61. The summed E-state index contributed by atoms with van der Waals surface area (Å²) in [6.45, 7) is 1.47. The average molecular weight is 428 g/mol. The van der Waals surface area contributed by atoms with Crippen molar-refractivity contribution in [2.75, 3.05) is 13.1 Å². The van der Waals surface area contributed by atoms with Crippen LogP contribution in [0.3, 0.4) is 0 Å². The van der Waals surface area contributed by atoms with Crippen LogP contribution in [-0.2, 0) is 0 Å². The van der Waals surface area contributed by atoms with E-state index in [9.17, 15) is 9.59 Å². The fraction of sp³-hybridized carbons (Fsp3) is 0.320. The van der Waals surface area contributed by atoms with Crippen LogP contribution in [0.25, 0.3) is 22.0 Å². The van der Waals surface area contributed by atoms with Crippen molar-refractivity contribution in [1.29, 1.82) is 0 Å². The first kappa shape index (κ1) is 20.3. The van der Waals surface area contributed by atoms with E-state index in [4.69, 9.17) is 4.42 Å². The van der Waals surface area contributed by atoms with Gasteiger partial charge in [0.1, 0.15) is 0 Å². The highest BCUT2D eigenvalue weighted by Crippen LogP contribution is 2.26. The number of amides is 1. The highest BCUT2D eigenvalue weighted by atomic mass is 16.3. The molecule has 5 rings (SSSR count). The molecule has 4 aromatic rings. The molecule has 0 radical (unpaired) electrons. The molecule has 1 aliphatic heterocycles. The molecule has 162 valence electrons. The zero-order valence-corrected chi connectivity index (χ0v) is 17.7. The lowest BCUT2D eigenvalue weighted by atomic mass is 9.90. The number of carbonyl (C=O) groups is 2. The molecule has 4 aromatic heterocycles. The number of hydrogen-bond acceptors (Lipinski definition) is 6. The van der Waals surface area contributed by atoms with Crippen molar-refractivity contribution < 1.29 is 14.0 Å². The van der Waals surface area contributed by atoms with E-state index in [1.54, 1.807) is 36.9 Å². The first-order chi connectivity index (χ1) is 15.7. The predicted octanol–water partition coefficient (Wildman–Crippen LogP) is 4.68. The van der Waals surface area contributed by atoms with Crippen molar-refractivity contribution in [1.82, 2.24) is 19.9 Å². The van der Waals surface area contributed by atoms with Crippen LogP contribution >= 0.6 is 0 Å². The molecule has 0 aromatic carbocycles. The van der Waals surface area contributed by atoms with Crippen molar-refractivity contribution in [2.45, 2.75) is 32.1 Å². The van der Waals surface area contributed by atoms with Crippen LogP contribution in [0.15, 0.2) is 59.5 Å². The third-order valence-electron chi connectivity index (χ3n) is 6.26. The molecule has 0 unspecified atom stereocenters. The quantitative estimate of drug-likeness (QED) is 0.415. The number of carbonyl (C=O) groups excluding carboxylic acids is 2. The maximum atomic E-state index is 13.1. The van der Waals surface area contributed by atoms with Gasteiger partial charge >= 0.3 is 0 Å². The van der Waals surface area contributed by atoms with Gasteiger partial charge in [-0.2, -0.15) is 0 Å². The van der Waals surface area contributed by atoms with Gasteiger partial charge in [0, 0.05) is 48.9 Å². The maximum absolute atomic E-state index is 13.1. The summed E-state index contributed by atoms with van der Waals surface area (Å²) in [4.78, 5) is 40.0. The van der Waals surface area contributed by atoms with E-state index in [1.165, 1.54) is 0 Å². The molecule has 0 atom stereocenters. The average Bonchev–Trinajstić information content (AvgIpc) is 3.28. The largest absolute Gasteiger partial charge is 0.451 e. The molecule has 0 spiro atoms. The maximum Gasteiger partial charge on any atom is 0.254 e. The minimum atomic E-state index is 0.0342. The van der Waals surface area contributed by atoms with E-state index in [0.717, 1.165) is 49.5 Å². The van der Waals surface area contributed by atoms with Crippen molar-refractivity contribution in [2.24, 2.45) is 5.92 Å². The molecular formula is C25H24N4O3. The topological polar surface area (TPSA) is 89.2 Å². The lowest BCUT2D eigenvalue weighted by molar-refractivity contribution is 0.0687. The fourth-order valence-electron chi connectivity index (χ4n) is 4.46. The molecule has 1 saturated heterocycles. The molecule has 1 amide bonds. The van der Waals surface area contributed by atoms with Crippen molar-refractivity contribution in [3.63, 3.8) is 0 Å². The second-order valence-corrected chi connectivity index (χ2v) is 8.31. The highest BCUT2D eigenvalue weighted by Gasteiger charge is 2.25. The number of fused-ring (bicyclic) bond motifs is 2. The summed E-state index contributed by atoms with van der Waals surface area (Å²) < 4.78 is 5.62. The Balaban J connectivity index is 1.12. The predicted molar refractivity (Wildman–Crippen MR) is 120 cm³/mol. The number of furan rings is 1. The molecule has 1 fully saturated rings. The summed E-state index contributed by atoms with van der Waals surface area (Å²) in [6, 6.07) is 9.14. The van der Waals surface area contributed by atoms with E-state index < -0.39 is 0 Å². The van der Waals surface area contributed by atoms with E-state index >= 15 is 0 Å². The van der Waals surface area contributed by atoms with Gasteiger partial charge in [-0.1, -0.05) is 0 Å². The summed E-state index contributed by atoms with van der Waals surface area (Å²) in [5.41, 5.74) is 1.90. The summed E-state index contributed by atoms with van der Waals surface area (Å²) in [5.74, 6) is 1.01. The van der Waals surface area contributed by atoms with Crippen molar-refractivity contribution in [3.8, 4) is 0 Å². The summed E-state index contributed by atoms with van der Waals surface area (Å²) >= 11 is 0. The van der Waals surface area contributed by atoms with Gasteiger partial charge < -0.3 is 9.32 Å². The van der Waals surface area contributed by atoms with Crippen LogP contribution in [0.4, 0.5) is 0 Å². The first-order valence-electron chi connectivity index (χ1n) is 11.0. The standard InChI is InChI=1S/C25H24N4O3/c30-21(22-15-18-6-11-26-16-23(18)32-22)5-1-3-17-8-13-29(14-9-17)25(31)20-7-12-28-24-19(20)4-2-10-27-24/h2,4,6-7,10-12,15-17H,1,3,5,8-9,13-14H2. The summed E-state index contributed by atoms with van der Waals surface area (Å²) in [5, 5.41) is 1.69. The van der Waals surface area contributed by atoms with Crippen LogP contribution in [0.5, 0.6) is 0 Å². The van der Waals surface area contributed by atoms with E-state index in [1.807, 2.05) is 23.1 Å². The summed E-state index contributed by atoms with van der Waals surface area (Å²) in [6.07, 6.45) is 10.8. The SMILES string of the molecule is O=C(CCCC1CCN(C(=O)c2ccnc3ncccc23)CC1)c1cc2ccncc2o1. The summed E-state index contributed by atoms with van der Waals surface area (Å²) in [7, 11) is 0. The molecule has 1 aliphatic rings. The molecule has 7 heteroatoms. The Morgan fingerprint density at radius 3 is 2.75 bits per heavy atom. The number of piperidine rings is 1. The Kier molecular flexibility index (Phi) is 5.62. The molecule has 0 N–H and O–H groups in total. The molecule has 0 saturated carbocycles. The number of pyridine rings is 3. The second kappa shape index (κ2) is 8.86. The molecule has 5 heterocycles. The van der Waals surface area contributed by atoms with Crippen LogP contribution in [0.2, 0.25) is 0 Å². The third-order valence-corrected chi connectivity index (χ3v) is 6.26. The third kappa shape index (κ3) is 4.10. The van der Waals surface area contributed by atoms with Crippen LogP contribution in [0, 0.1) is 5.92 Å². The highest BCUT2D eigenvalue weighted by molar-refractivity contribution is 6.05. The smallest absolute Gasteiger partial charge is 0.254 e. The van der Waals surface area contributed by atoms with Gasteiger partial charge in [0.2, 0.25) is 0 Å². The van der Waals surface area contributed by atoms with Gasteiger partial charge in [0.25, 0.3) is 5.91 Å². The van der Waals surface area contributed by atoms with Gasteiger partial charge in [0.15, 0.2) is 22.8 Å². The number of likely N-dealkylation sites (tertiary alicyclic amines) is 1. The van der Waals surface area contributed by atoms with Gasteiger partial charge in [-0.15, -0.1) is 0 Å². The lowest BCUT2D eigenvalue weighted by Gasteiger charge is -2.32. The van der Waals surface area contributed by atoms with E-state index in [0.29, 0.717) is 34.9 Å². The van der Waals surface area contributed by atoms with Crippen molar-refractivity contribution in [3.05, 3.63) is 66.4 Å². The molecule has 32 heavy (non-hydrogen) atoms. The van der Waals surface area contributed by atoms with Crippen molar-refractivity contribution >= 4 is 33.7 Å². The van der Waals surface area contributed by atoms with Gasteiger partial charge in [-0.25, -0.2) is 9.97 Å². The molecule has 7 nitrogen and oxygen atoms in total. The molecule has 0 bridgehead atoms. The number of aromatic nitrogens is 3. The molecule has 0 aliphatic carbocycles. The second-order valence-electron chi connectivity index (χ2n) is 8.31. The number of hydrogen-bond donors (Lipinski definition) is 0. The Morgan fingerprint density at radius 1 is 1.06 bits per heavy atom. The first-order valence-corrected chi connectivity index (χ1v) is 11.0. The number of nitrogens with zero attached hydrogens (tertiary/aromatic N) is 4. The van der Waals surface area contributed by atoms with E-state index in [-0.39, 0.29) is 11.7 Å². The Morgan fingerprint density at radius 2 is 1.91 bits per heavy atom.